The highest BCUT2D eigenvalue weighted by Gasteiger charge is 2.14. The van der Waals surface area contributed by atoms with Crippen LogP contribution in [0.15, 0.2) is 46.9 Å². The van der Waals surface area contributed by atoms with E-state index in [1.807, 2.05) is 30.3 Å². The van der Waals surface area contributed by atoms with Crippen LogP contribution in [0.25, 0.3) is 0 Å². The summed E-state index contributed by atoms with van der Waals surface area (Å²) >= 11 is 15.9. The molecule has 106 valence electrons. The maximum absolute atomic E-state index is 6.26. The summed E-state index contributed by atoms with van der Waals surface area (Å²) in [5, 5.41) is 5.03. The Hall–Kier alpha value is -0.540. The summed E-state index contributed by atoms with van der Waals surface area (Å²) < 4.78 is 0.988. The molecule has 0 saturated heterocycles. The van der Waals surface area contributed by atoms with Crippen molar-refractivity contribution in [2.24, 2.45) is 0 Å². The van der Waals surface area contributed by atoms with Crippen LogP contribution < -0.4 is 5.32 Å². The smallest absolute Gasteiger partial charge is 0.0438 e. The van der Waals surface area contributed by atoms with Crippen LogP contribution in [0.4, 0.5) is 0 Å². The molecule has 0 fully saturated rings. The third kappa shape index (κ3) is 4.23. The van der Waals surface area contributed by atoms with Crippen LogP contribution in [-0.4, -0.2) is 6.54 Å². The zero-order valence-corrected chi connectivity index (χ0v) is 14.3. The molecule has 0 aliphatic heterocycles. The van der Waals surface area contributed by atoms with Gasteiger partial charge < -0.3 is 5.32 Å². The van der Waals surface area contributed by atoms with Gasteiger partial charge in [-0.05, 0) is 48.4 Å². The van der Waals surface area contributed by atoms with Crippen LogP contribution in [0.1, 0.15) is 24.1 Å². The molecule has 0 bridgehead atoms. The molecule has 2 aromatic carbocycles. The third-order valence-corrected chi connectivity index (χ3v) is 4.16. The Morgan fingerprint density at radius 2 is 1.90 bits per heavy atom. The van der Waals surface area contributed by atoms with Crippen LogP contribution in [0, 0.1) is 0 Å². The van der Waals surface area contributed by atoms with E-state index in [9.17, 15) is 0 Å². The Labute approximate surface area is 138 Å². The Morgan fingerprint density at radius 3 is 2.55 bits per heavy atom. The average Bonchev–Trinajstić information content (AvgIpc) is 2.39. The van der Waals surface area contributed by atoms with Crippen molar-refractivity contribution in [2.45, 2.75) is 19.4 Å². The molecule has 0 aromatic heterocycles. The summed E-state index contributed by atoms with van der Waals surface area (Å²) in [4.78, 5) is 0. The summed E-state index contributed by atoms with van der Waals surface area (Å²) in [6.45, 7) is 2.98. The largest absolute Gasteiger partial charge is 0.310 e. The molecule has 0 aliphatic carbocycles. The molecule has 0 aliphatic rings. The number of likely N-dealkylation sites (N-methyl/N-ethyl adjacent to an activating group) is 1. The fraction of sp³-hybridized carbons (Fsp3) is 0.250. The monoisotopic (exact) mass is 371 g/mol. The van der Waals surface area contributed by atoms with Gasteiger partial charge in [0.25, 0.3) is 0 Å². The molecule has 1 nitrogen and oxygen atoms in total. The van der Waals surface area contributed by atoms with Crippen molar-refractivity contribution in [3.05, 3.63) is 68.1 Å². The summed E-state index contributed by atoms with van der Waals surface area (Å²) in [5.41, 5.74) is 2.29. The van der Waals surface area contributed by atoms with Crippen molar-refractivity contribution in [1.82, 2.24) is 5.32 Å². The maximum Gasteiger partial charge on any atom is 0.0438 e. The first kappa shape index (κ1) is 15.8. The normalized spacial score (nSPS) is 12.4. The Balaban J connectivity index is 2.29. The minimum absolute atomic E-state index is 0.190. The third-order valence-electron chi connectivity index (χ3n) is 3.12. The first-order chi connectivity index (χ1) is 9.60. The lowest BCUT2D eigenvalue weighted by Crippen LogP contribution is -2.23. The molecule has 0 radical (unpaired) electrons. The van der Waals surface area contributed by atoms with E-state index in [1.54, 1.807) is 0 Å². The van der Waals surface area contributed by atoms with Crippen LogP contribution in [-0.2, 0) is 6.42 Å². The maximum atomic E-state index is 6.26. The van der Waals surface area contributed by atoms with E-state index in [-0.39, 0.29) is 6.04 Å². The molecule has 1 atom stereocenters. The van der Waals surface area contributed by atoms with Gasteiger partial charge in [0.1, 0.15) is 0 Å². The molecule has 0 saturated carbocycles. The highest BCUT2D eigenvalue weighted by atomic mass is 79.9. The lowest BCUT2D eigenvalue weighted by molar-refractivity contribution is 0.550. The second-order valence-corrected chi connectivity index (χ2v) is 6.37. The molecule has 2 aromatic rings. The average molecular weight is 373 g/mol. The predicted octanol–water partition coefficient (Wildman–Crippen LogP) is 5.65. The summed E-state index contributed by atoms with van der Waals surface area (Å²) in [6.07, 6.45) is 0.834. The van der Waals surface area contributed by atoms with E-state index in [0.717, 1.165) is 38.6 Å². The fourth-order valence-corrected chi connectivity index (χ4v) is 3.31. The molecule has 1 N–H and O–H groups in total. The molecule has 20 heavy (non-hydrogen) atoms. The first-order valence-corrected chi connectivity index (χ1v) is 8.08. The number of rotatable bonds is 5. The SMILES string of the molecule is CCNC(Cc1ccccc1Cl)c1cc(Cl)cc(Br)c1. The second-order valence-electron chi connectivity index (χ2n) is 4.61. The molecule has 0 heterocycles. The van der Waals surface area contributed by atoms with Gasteiger partial charge in [-0.3, -0.25) is 0 Å². The predicted molar refractivity (Wildman–Crippen MR) is 90.7 cm³/mol. The van der Waals surface area contributed by atoms with Crippen LogP contribution in [0.5, 0.6) is 0 Å². The molecule has 0 spiro atoms. The minimum atomic E-state index is 0.190. The quantitative estimate of drug-likeness (QED) is 0.714. The molecular weight excluding hydrogens is 357 g/mol. The molecular formula is C16H16BrCl2N. The van der Waals surface area contributed by atoms with Crippen LogP contribution in [0.2, 0.25) is 10.0 Å². The molecule has 4 heteroatoms. The van der Waals surface area contributed by atoms with Gasteiger partial charge in [-0.25, -0.2) is 0 Å². The standard InChI is InChI=1S/C16H16BrCl2N/c1-2-20-16(9-11-5-3-4-6-15(11)19)12-7-13(17)10-14(18)8-12/h3-8,10,16,20H,2,9H2,1H3. The number of nitrogens with one attached hydrogen (secondary N) is 1. The van der Waals surface area contributed by atoms with Gasteiger partial charge in [-0.1, -0.05) is 64.3 Å². The minimum Gasteiger partial charge on any atom is -0.310 e. The van der Waals surface area contributed by atoms with Crippen molar-refractivity contribution in [2.75, 3.05) is 6.54 Å². The number of halogens is 3. The number of benzene rings is 2. The lowest BCUT2D eigenvalue weighted by Gasteiger charge is -2.20. The molecule has 0 amide bonds. The summed E-state index contributed by atoms with van der Waals surface area (Å²) in [7, 11) is 0. The zero-order valence-electron chi connectivity index (χ0n) is 11.2. The van der Waals surface area contributed by atoms with Gasteiger partial charge in [-0.2, -0.15) is 0 Å². The van der Waals surface area contributed by atoms with Gasteiger partial charge in [0.15, 0.2) is 0 Å². The van der Waals surface area contributed by atoms with Crippen molar-refractivity contribution in [3.8, 4) is 0 Å². The van der Waals surface area contributed by atoms with Crippen molar-refractivity contribution >= 4 is 39.1 Å². The highest BCUT2D eigenvalue weighted by molar-refractivity contribution is 9.10. The van der Waals surface area contributed by atoms with E-state index >= 15 is 0 Å². The van der Waals surface area contributed by atoms with E-state index in [1.165, 1.54) is 0 Å². The molecule has 1 unspecified atom stereocenters. The summed E-state index contributed by atoms with van der Waals surface area (Å²) in [5.74, 6) is 0. The van der Waals surface area contributed by atoms with Crippen LogP contribution >= 0.6 is 39.1 Å². The van der Waals surface area contributed by atoms with Crippen molar-refractivity contribution in [3.63, 3.8) is 0 Å². The zero-order chi connectivity index (χ0) is 14.5. The first-order valence-electron chi connectivity index (χ1n) is 6.53. The van der Waals surface area contributed by atoms with Crippen molar-refractivity contribution in [1.29, 1.82) is 0 Å². The van der Waals surface area contributed by atoms with Gasteiger partial charge in [0, 0.05) is 20.6 Å². The lowest BCUT2D eigenvalue weighted by atomic mass is 9.99. The van der Waals surface area contributed by atoms with Gasteiger partial charge >= 0.3 is 0 Å². The van der Waals surface area contributed by atoms with Gasteiger partial charge in [0.05, 0.1) is 0 Å². The van der Waals surface area contributed by atoms with Crippen molar-refractivity contribution < 1.29 is 0 Å². The van der Waals surface area contributed by atoms with E-state index in [2.05, 4.69) is 40.3 Å². The highest BCUT2D eigenvalue weighted by Crippen LogP contribution is 2.28. The summed E-state index contributed by atoms with van der Waals surface area (Å²) in [6, 6.07) is 14.1. The fourth-order valence-electron chi connectivity index (χ4n) is 2.21. The van der Waals surface area contributed by atoms with E-state index in [0.29, 0.717) is 0 Å². The number of hydrogen-bond acceptors (Lipinski definition) is 1. The Bertz CT molecular complexity index is 566. The topological polar surface area (TPSA) is 12.0 Å². The molecule has 2 rings (SSSR count). The van der Waals surface area contributed by atoms with Gasteiger partial charge in [-0.15, -0.1) is 0 Å². The van der Waals surface area contributed by atoms with Gasteiger partial charge in [0.2, 0.25) is 0 Å². The Morgan fingerprint density at radius 1 is 1.15 bits per heavy atom. The number of hydrogen-bond donors (Lipinski definition) is 1. The van der Waals surface area contributed by atoms with E-state index < -0.39 is 0 Å². The Kier molecular flexibility index (Phi) is 5.91. The van der Waals surface area contributed by atoms with Crippen LogP contribution in [0.3, 0.4) is 0 Å². The van der Waals surface area contributed by atoms with E-state index in [4.69, 9.17) is 23.2 Å². The second kappa shape index (κ2) is 7.46.